The highest BCUT2D eigenvalue weighted by molar-refractivity contribution is 5.86. The first kappa shape index (κ1) is 19.8. The van der Waals surface area contributed by atoms with Crippen molar-refractivity contribution in [1.29, 1.82) is 0 Å². The van der Waals surface area contributed by atoms with Gasteiger partial charge in [-0.25, -0.2) is 0 Å². The molecule has 0 radical (unpaired) electrons. The second-order valence-electron chi connectivity index (χ2n) is 8.38. The van der Waals surface area contributed by atoms with Crippen molar-refractivity contribution in [2.24, 2.45) is 16.3 Å². The Morgan fingerprint density at radius 3 is 2.26 bits per heavy atom. The summed E-state index contributed by atoms with van der Waals surface area (Å²) in [6, 6.07) is 0. The van der Waals surface area contributed by atoms with Crippen LogP contribution in [0, 0.1) is 11.3 Å². The monoisotopic (exact) mass is 324 g/mol. The highest BCUT2D eigenvalue weighted by Crippen LogP contribution is 2.42. The number of guanidine groups is 1. The molecule has 1 aliphatic rings. The Labute approximate surface area is 142 Å². The Balaban J connectivity index is 2.45. The zero-order chi connectivity index (χ0) is 17.5. The van der Waals surface area contributed by atoms with Crippen molar-refractivity contribution >= 4 is 11.9 Å². The van der Waals surface area contributed by atoms with Gasteiger partial charge in [-0.3, -0.25) is 9.79 Å². The molecule has 0 unspecified atom stereocenters. The second-order valence-corrected chi connectivity index (χ2v) is 8.38. The lowest BCUT2D eigenvalue weighted by atomic mass is 9.78. The highest BCUT2D eigenvalue weighted by atomic mass is 16.2. The quantitative estimate of drug-likeness (QED) is 0.520. The van der Waals surface area contributed by atoms with Crippen molar-refractivity contribution in [3.63, 3.8) is 0 Å². The Bertz CT molecular complexity index is 404. The van der Waals surface area contributed by atoms with E-state index in [0.717, 1.165) is 6.54 Å². The van der Waals surface area contributed by atoms with Crippen LogP contribution < -0.4 is 16.0 Å². The first-order valence-electron chi connectivity index (χ1n) is 8.91. The van der Waals surface area contributed by atoms with Gasteiger partial charge in [-0.1, -0.05) is 26.7 Å². The predicted molar refractivity (Wildman–Crippen MR) is 97.6 cm³/mol. The van der Waals surface area contributed by atoms with Crippen LogP contribution in [0.15, 0.2) is 4.99 Å². The SMILES string of the molecule is CN=C(NCC(=O)NC(C)(C)C)NCC1(CC(C)C)CCCC1. The van der Waals surface area contributed by atoms with Gasteiger partial charge in [0, 0.05) is 19.1 Å². The van der Waals surface area contributed by atoms with E-state index in [4.69, 9.17) is 0 Å². The Morgan fingerprint density at radius 2 is 1.78 bits per heavy atom. The van der Waals surface area contributed by atoms with E-state index >= 15 is 0 Å². The van der Waals surface area contributed by atoms with Gasteiger partial charge in [0.1, 0.15) is 0 Å². The smallest absolute Gasteiger partial charge is 0.239 e. The van der Waals surface area contributed by atoms with Crippen LogP contribution in [0.5, 0.6) is 0 Å². The zero-order valence-electron chi connectivity index (χ0n) is 15.9. The van der Waals surface area contributed by atoms with E-state index in [0.29, 0.717) is 17.3 Å². The Hall–Kier alpha value is -1.26. The molecule has 23 heavy (non-hydrogen) atoms. The molecular weight excluding hydrogens is 288 g/mol. The lowest BCUT2D eigenvalue weighted by Crippen LogP contribution is -2.49. The number of carbonyl (C=O) groups is 1. The van der Waals surface area contributed by atoms with Gasteiger partial charge in [0.15, 0.2) is 5.96 Å². The van der Waals surface area contributed by atoms with Crippen molar-refractivity contribution in [3.8, 4) is 0 Å². The first-order valence-corrected chi connectivity index (χ1v) is 8.91. The molecule has 0 aromatic heterocycles. The summed E-state index contributed by atoms with van der Waals surface area (Å²) >= 11 is 0. The van der Waals surface area contributed by atoms with Crippen LogP contribution >= 0.6 is 0 Å². The van der Waals surface area contributed by atoms with Crippen molar-refractivity contribution in [3.05, 3.63) is 0 Å². The van der Waals surface area contributed by atoms with Gasteiger partial charge >= 0.3 is 0 Å². The van der Waals surface area contributed by atoms with E-state index in [2.05, 4.69) is 34.8 Å². The van der Waals surface area contributed by atoms with Gasteiger partial charge in [-0.05, 0) is 51.4 Å². The van der Waals surface area contributed by atoms with E-state index in [1.54, 1.807) is 7.05 Å². The van der Waals surface area contributed by atoms with E-state index < -0.39 is 0 Å². The number of hydrogen-bond acceptors (Lipinski definition) is 2. The molecule has 0 bridgehead atoms. The minimum Gasteiger partial charge on any atom is -0.356 e. The summed E-state index contributed by atoms with van der Waals surface area (Å²) in [6.07, 6.45) is 6.49. The summed E-state index contributed by atoms with van der Waals surface area (Å²) in [4.78, 5) is 16.1. The molecule has 0 aromatic rings. The molecule has 0 heterocycles. The average Bonchev–Trinajstić information content (AvgIpc) is 2.84. The minimum absolute atomic E-state index is 0.0155. The van der Waals surface area contributed by atoms with Crippen LogP contribution in [0.4, 0.5) is 0 Å². The second kappa shape index (κ2) is 8.55. The molecule has 1 fully saturated rings. The van der Waals surface area contributed by atoms with Crippen LogP contribution in [0.2, 0.25) is 0 Å². The van der Waals surface area contributed by atoms with Crippen LogP contribution in [0.1, 0.15) is 66.7 Å². The molecule has 1 aliphatic carbocycles. The molecular formula is C18H36N4O. The maximum Gasteiger partial charge on any atom is 0.239 e. The average molecular weight is 325 g/mol. The van der Waals surface area contributed by atoms with Gasteiger partial charge in [0.2, 0.25) is 5.91 Å². The van der Waals surface area contributed by atoms with Gasteiger partial charge < -0.3 is 16.0 Å². The molecule has 5 heteroatoms. The number of rotatable bonds is 6. The number of hydrogen-bond donors (Lipinski definition) is 3. The van der Waals surface area contributed by atoms with Crippen molar-refractivity contribution in [1.82, 2.24) is 16.0 Å². The minimum atomic E-state index is -0.207. The highest BCUT2D eigenvalue weighted by Gasteiger charge is 2.34. The molecule has 0 atom stereocenters. The lowest BCUT2D eigenvalue weighted by molar-refractivity contribution is -0.121. The van der Waals surface area contributed by atoms with Crippen molar-refractivity contribution in [2.45, 2.75) is 72.3 Å². The van der Waals surface area contributed by atoms with E-state index in [-0.39, 0.29) is 18.0 Å². The summed E-state index contributed by atoms with van der Waals surface area (Å²) in [5.41, 5.74) is 0.181. The molecule has 0 saturated heterocycles. The number of nitrogens with zero attached hydrogens (tertiary/aromatic N) is 1. The summed E-state index contributed by atoms with van der Waals surface area (Å²) in [7, 11) is 1.75. The van der Waals surface area contributed by atoms with E-state index in [9.17, 15) is 4.79 Å². The summed E-state index contributed by atoms with van der Waals surface area (Å²) < 4.78 is 0. The molecule has 3 N–H and O–H groups in total. The zero-order valence-corrected chi connectivity index (χ0v) is 15.9. The van der Waals surface area contributed by atoms with E-state index in [1.807, 2.05) is 20.8 Å². The number of aliphatic imine (C=N–C) groups is 1. The predicted octanol–water partition coefficient (Wildman–Crippen LogP) is 2.67. The van der Waals surface area contributed by atoms with Crippen molar-refractivity contribution < 1.29 is 4.79 Å². The summed E-state index contributed by atoms with van der Waals surface area (Å²) in [6.45, 7) is 11.7. The van der Waals surface area contributed by atoms with Gasteiger partial charge in [-0.15, -0.1) is 0 Å². The molecule has 5 nitrogen and oxygen atoms in total. The first-order chi connectivity index (χ1) is 10.7. The molecule has 134 valence electrons. The van der Waals surface area contributed by atoms with Gasteiger partial charge in [0.05, 0.1) is 6.54 Å². The van der Waals surface area contributed by atoms with Crippen molar-refractivity contribution in [2.75, 3.05) is 20.1 Å². The topological polar surface area (TPSA) is 65.5 Å². The molecule has 0 aliphatic heterocycles. The fourth-order valence-corrected chi connectivity index (χ4v) is 3.56. The van der Waals surface area contributed by atoms with Crippen LogP contribution in [0.3, 0.4) is 0 Å². The van der Waals surface area contributed by atoms with Crippen LogP contribution in [-0.4, -0.2) is 37.5 Å². The Kier molecular flexibility index (Phi) is 7.36. The summed E-state index contributed by atoms with van der Waals surface area (Å²) in [5.74, 6) is 1.41. The molecule has 1 saturated carbocycles. The van der Waals surface area contributed by atoms with Crippen LogP contribution in [0.25, 0.3) is 0 Å². The third kappa shape index (κ3) is 7.71. The standard InChI is InChI=1S/C18H36N4O/c1-14(2)11-18(9-7-8-10-18)13-21-16(19-6)20-12-15(23)22-17(3,4)5/h14H,7-13H2,1-6H3,(H,22,23)(H2,19,20,21). The molecule has 0 spiro atoms. The Morgan fingerprint density at radius 1 is 1.17 bits per heavy atom. The molecule has 0 aromatic carbocycles. The maximum atomic E-state index is 11.9. The third-order valence-electron chi connectivity index (χ3n) is 4.29. The fraction of sp³-hybridized carbons (Fsp3) is 0.889. The van der Waals surface area contributed by atoms with E-state index in [1.165, 1.54) is 32.1 Å². The number of nitrogens with one attached hydrogen (secondary N) is 3. The normalized spacial score (nSPS) is 18.1. The molecule has 1 amide bonds. The van der Waals surface area contributed by atoms with Crippen LogP contribution in [-0.2, 0) is 4.79 Å². The summed E-state index contributed by atoms with van der Waals surface area (Å²) in [5, 5.41) is 9.49. The third-order valence-corrected chi connectivity index (χ3v) is 4.29. The number of amides is 1. The number of carbonyl (C=O) groups excluding carboxylic acids is 1. The largest absolute Gasteiger partial charge is 0.356 e. The maximum absolute atomic E-state index is 11.9. The fourth-order valence-electron chi connectivity index (χ4n) is 3.56. The lowest BCUT2D eigenvalue weighted by Gasteiger charge is -2.32. The van der Waals surface area contributed by atoms with Gasteiger partial charge in [-0.2, -0.15) is 0 Å². The van der Waals surface area contributed by atoms with Gasteiger partial charge in [0.25, 0.3) is 0 Å². The molecule has 1 rings (SSSR count).